The molecular weight excluding hydrogens is 316 g/mol. The molecule has 0 amide bonds. The minimum absolute atomic E-state index is 0.0903. The highest BCUT2D eigenvalue weighted by atomic mass is 16.3. The maximum atomic E-state index is 9.81. The van der Waals surface area contributed by atoms with Gasteiger partial charge in [-0.25, -0.2) is 9.97 Å². The second-order valence-electron chi connectivity index (χ2n) is 7.03. The lowest BCUT2D eigenvalue weighted by molar-refractivity contribution is 0.219. The number of aromatic nitrogens is 3. The summed E-state index contributed by atoms with van der Waals surface area (Å²) >= 11 is 0. The van der Waals surface area contributed by atoms with Crippen LogP contribution in [0.25, 0.3) is 11.0 Å². The number of nitrogens with two attached hydrogens (primary N) is 1. The van der Waals surface area contributed by atoms with Crippen LogP contribution in [0.3, 0.4) is 0 Å². The number of nitrogens with zero attached hydrogens (tertiary/aromatic N) is 2. The molecule has 1 aliphatic rings. The summed E-state index contributed by atoms with van der Waals surface area (Å²) < 4.78 is 0. The van der Waals surface area contributed by atoms with Gasteiger partial charge in [-0.1, -0.05) is 45.4 Å². The number of H-pyrrole nitrogens is 1. The first-order chi connectivity index (χ1) is 12.2. The SMILES string of the molecule is CCCCCCCCC1N[C@]1(CO)NCc1c[nH]c2c(N)ncnc12. The third kappa shape index (κ3) is 4.11. The van der Waals surface area contributed by atoms with E-state index in [9.17, 15) is 5.11 Å². The number of unbranched alkanes of at least 4 members (excludes halogenated alkanes) is 5. The van der Waals surface area contributed by atoms with Crippen molar-refractivity contribution >= 4 is 16.9 Å². The summed E-state index contributed by atoms with van der Waals surface area (Å²) in [4.78, 5) is 11.4. The van der Waals surface area contributed by atoms with E-state index in [-0.39, 0.29) is 12.3 Å². The molecule has 1 aliphatic heterocycles. The standard InChI is InChI=1S/C18H30N6O/c1-2-3-4-5-6-7-8-14-18(11-25,24-14)23-10-13-9-20-16-15(13)21-12-22-17(16)19/h9,12,14,20,23-25H,2-8,10-11H2,1H3,(H2,19,21,22)/t14?,18-/m0/s1. The lowest BCUT2D eigenvalue weighted by Gasteiger charge is -2.14. The van der Waals surface area contributed by atoms with Gasteiger partial charge in [0.15, 0.2) is 5.82 Å². The molecular formula is C18H30N6O. The maximum Gasteiger partial charge on any atom is 0.151 e. The van der Waals surface area contributed by atoms with Crippen LogP contribution < -0.4 is 16.4 Å². The summed E-state index contributed by atoms with van der Waals surface area (Å²) in [5.74, 6) is 0.457. The van der Waals surface area contributed by atoms with Gasteiger partial charge in [0.25, 0.3) is 0 Å². The van der Waals surface area contributed by atoms with Crippen LogP contribution in [-0.2, 0) is 6.54 Å². The van der Waals surface area contributed by atoms with E-state index in [2.05, 4.69) is 32.5 Å². The van der Waals surface area contributed by atoms with Crippen LogP contribution in [0, 0.1) is 0 Å². The first-order valence-corrected chi connectivity index (χ1v) is 9.40. The largest absolute Gasteiger partial charge is 0.393 e. The topological polar surface area (TPSA) is 122 Å². The molecule has 3 rings (SSSR count). The molecule has 25 heavy (non-hydrogen) atoms. The van der Waals surface area contributed by atoms with Crippen molar-refractivity contribution in [3.63, 3.8) is 0 Å². The average molecular weight is 346 g/mol. The van der Waals surface area contributed by atoms with Crippen molar-refractivity contribution in [2.24, 2.45) is 0 Å². The fraction of sp³-hybridized carbons (Fsp3) is 0.667. The molecule has 7 heteroatoms. The second-order valence-corrected chi connectivity index (χ2v) is 7.03. The van der Waals surface area contributed by atoms with Crippen molar-refractivity contribution in [1.82, 2.24) is 25.6 Å². The molecule has 7 nitrogen and oxygen atoms in total. The van der Waals surface area contributed by atoms with Crippen LogP contribution in [0.5, 0.6) is 0 Å². The maximum absolute atomic E-state index is 9.81. The third-order valence-electron chi connectivity index (χ3n) is 5.20. The summed E-state index contributed by atoms with van der Waals surface area (Å²) in [6.07, 6.45) is 12.2. The number of aliphatic hydroxyl groups is 1. The molecule has 3 heterocycles. The van der Waals surface area contributed by atoms with Crippen molar-refractivity contribution in [2.45, 2.75) is 70.1 Å². The van der Waals surface area contributed by atoms with Gasteiger partial charge in [0.05, 0.1) is 12.1 Å². The fourth-order valence-corrected chi connectivity index (χ4v) is 3.50. The Kier molecular flexibility index (Phi) is 5.88. The van der Waals surface area contributed by atoms with Gasteiger partial charge in [0.2, 0.25) is 0 Å². The molecule has 0 aliphatic carbocycles. The van der Waals surface area contributed by atoms with E-state index in [0.29, 0.717) is 18.4 Å². The van der Waals surface area contributed by atoms with E-state index < -0.39 is 0 Å². The van der Waals surface area contributed by atoms with Crippen LogP contribution in [0.4, 0.5) is 5.82 Å². The lowest BCUT2D eigenvalue weighted by Crippen LogP contribution is -2.40. The van der Waals surface area contributed by atoms with E-state index in [1.807, 2.05) is 6.20 Å². The third-order valence-corrected chi connectivity index (χ3v) is 5.20. The predicted octanol–water partition coefficient (Wildman–Crippen LogP) is 2.04. The molecule has 138 valence electrons. The fourth-order valence-electron chi connectivity index (χ4n) is 3.50. The van der Waals surface area contributed by atoms with Gasteiger partial charge in [-0.05, 0) is 6.42 Å². The molecule has 1 saturated heterocycles. The van der Waals surface area contributed by atoms with Crippen LogP contribution in [0.2, 0.25) is 0 Å². The number of hydrogen-bond donors (Lipinski definition) is 5. The summed E-state index contributed by atoms with van der Waals surface area (Å²) in [5, 5.41) is 16.7. The summed E-state index contributed by atoms with van der Waals surface area (Å²) in [5.41, 5.74) is 8.13. The van der Waals surface area contributed by atoms with Gasteiger partial charge < -0.3 is 15.8 Å². The molecule has 0 saturated carbocycles. The van der Waals surface area contributed by atoms with Gasteiger partial charge >= 0.3 is 0 Å². The monoisotopic (exact) mass is 346 g/mol. The van der Waals surface area contributed by atoms with Crippen molar-refractivity contribution in [1.29, 1.82) is 0 Å². The van der Waals surface area contributed by atoms with E-state index in [4.69, 9.17) is 5.73 Å². The molecule has 0 aromatic carbocycles. The number of anilines is 1. The number of nitrogen functional groups attached to an aromatic ring is 1. The van der Waals surface area contributed by atoms with Crippen molar-refractivity contribution in [2.75, 3.05) is 12.3 Å². The van der Waals surface area contributed by atoms with Crippen LogP contribution in [0.15, 0.2) is 12.5 Å². The summed E-state index contributed by atoms with van der Waals surface area (Å²) in [6.45, 7) is 2.95. The quantitative estimate of drug-likeness (QED) is 0.313. The zero-order valence-electron chi connectivity index (χ0n) is 15.0. The summed E-state index contributed by atoms with van der Waals surface area (Å²) in [7, 11) is 0. The summed E-state index contributed by atoms with van der Waals surface area (Å²) in [6, 6.07) is 0.341. The molecule has 2 aromatic heterocycles. The first-order valence-electron chi connectivity index (χ1n) is 9.40. The Balaban J connectivity index is 1.47. The highest BCUT2D eigenvalue weighted by Gasteiger charge is 2.52. The molecule has 0 radical (unpaired) electrons. The Hall–Kier alpha value is -1.70. The van der Waals surface area contributed by atoms with Gasteiger partial charge in [0.1, 0.15) is 17.5 Å². The Morgan fingerprint density at radius 3 is 2.84 bits per heavy atom. The first kappa shape index (κ1) is 18.1. The molecule has 0 spiro atoms. The normalized spacial score (nSPS) is 22.6. The minimum atomic E-state index is -0.356. The van der Waals surface area contributed by atoms with Gasteiger partial charge in [-0.15, -0.1) is 0 Å². The number of aromatic amines is 1. The van der Waals surface area contributed by atoms with Gasteiger partial charge in [-0.3, -0.25) is 10.6 Å². The lowest BCUT2D eigenvalue weighted by atomic mass is 10.1. The second kappa shape index (κ2) is 8.12. The Morgan fingerprint density at radius 1 is 1.24 bits per heavy atom. The molecule has 1 fully saturated rings. The Labute approximate surface area is 148 Å². The number of hydrogen-bond acceptors (Lipinski definition) is 6. The Morgan fingerprint density at radius 2 is 2.04 bits per heavy atom. The highest BCUT2D eigenvalue weighted by molar-refractivity contribution is 5.86. The van der Waals surface area contributed by atoms with E-state index >= 15 is 0 Å². The Bertz CT molecular complexity index is 687. The molecule has 2 atom stereocenters. The van der Waals surface area contributed by atoms with Gasteiger partial charge in [-0.2, -0.15) is 0 Å². The number of fused-ring (bicyclic) bond motifs is 1. The number of rotatable bonds is 11. The van der Waals surface area contributed by atoms with Gasteiger partial charge in [0, 0.05) is 24.3 Å². The predicted molar refractivity (Wildman–Crippen MR) is 99.9 cm³/mol. The van der Waals surface area contributed by atoms with E-state index in [1.54, 1.807) is 0 Å². The van der Waals surface area contributed by atoms with Crippen LogP contribution >= 0.6 is 0 Å². The smallest absolute Gasteiger partial charge is 0.151 e. The van der Waals surface area contributed by atoms with E-state index in [0.717, 1.165) is 23.0 Å². The van der Waals surface area contributed by atoms with Crippen molar-refractivity contribution < 1.29 is 5.11 Å². The van der Waals surface area contributed by atoms with Crippen LogP contribution in [0.1, 0.15) is 57.4 Å². The molecule has 2 aromatic rings. The molecule has 1 unspecified atom stereocenters. The molecule has 0 bridgehead atoms. The highest BCUT2D eigenvalue weighted by Crippen LogP contribution is 2.29. The number of aliphatic hydroxyl groups excluding tert-OH is 1. The number of nitrogens with one attached hydrogen (secondary N) is 3. The van der Waals surface area contributed by atoms with Crippen LogP contribution in [-0.4, -0.2) is 38.4 Å². The average Bonchev–Trinajstić information content (AvgIpc) is 3.16. The zero-order chi connectivity index (χ0) is 17.7. The molecule has 6 N–H and O–H groups in total. The van der Waals surface area contributed by atoms with Crippen molar-refractivity contribution in [3.8, 4) is 0 Å². The van der Waals surface area contributed by atoms with E-state index in [1.165, 1.54) is 44.9 Å². The zero-order valence-corrected chi connectivity index (χ0v) is 15.0. The minimum Gasteiger partial charge on any atom is -0.393 e. The van der Waals surface area contributed by atoms with Crippen molar-refractivity contribution in [3.05, 3.63) is 18.1 Å².